The molecule has 1 N–H and O–H groups in total. The van der Waals surface area contributed by atoms with Crippen molar-refractivity contribution < 1.29 is 13.9 Å². The third-order valence-corrected chi connectivity index (χ3v) is 1.61. The summed E-state index contributed by atoms with van der Waals surface area (Å²) in [7, 11) is 0. The smallest absolute Gasteiger partial charge is 0.265 e. The molecule has 1 rings (SSSR count). The van der Waals surface area contributed by atoms with E-state index >= 15 is 0 Å². The second-order valence-corrected chi connectivity index (χ2v) is 2.49. The van der Waals surface area contributed by atoms with E-state index in [9.17, 15) is 8.78 Å². The first-order chi connectivity index (χ1) is 5.65. The SMILES string of the molecule is Cc1cc(CO)ncc1C(F)F. The first-order valence-corrected chi connectivity index (χ1v) is 3.49. The summed E-state index contributed by atoms with van der Waals surface area (Å²) in [5.74, 6) is 0. The van der Waals surface area contributed by atoms with Crippen LogP contribution in [0.15, 0.2) is 12.3 Å². The zero-order valence-corrected chi connectivity index (χ0v) is 6.59. The first kappa shape index (κ1) is 9.06. The van der Waals surface area contributed by atoms with Crippen LogP contribution in [0.1, 0.15) is 23.2 Å². The third kappa shape index (κ3) is 1.76. The van der Waals surface area contributed by atoms with Crippen LogP contribution in [0.25, 0.3) is 0 Å². The molecule has 0 fully saturated rings. The molecule has 0 bridgehead atoms. The highest BCUT2D eigenvalue weighted by atomic mass is 19.3. The van der Waals surface area contributed by atoms with Gasteiger partial charge in [-0.25, -0.2) is 8.78 Å². The number of aliphatic hydroxyl groups excluding tert-OH is 1. The molecule has 66 valence electrons. The number of aromatic nitrogens is 1. The van der Waals surface area contributed by atoms with Crippen molar-refractivity contribution in [3.05, 3.63) is 29.1 Å². The van der Waals surface area contributed by atoms with Gasteiger partial charge in [0.2, 0.25) is 0 Å². The van der Waals surface area contributed by atoms with E-state index in [2.05, 4.69) is 4.98 Å². The number of hydrogen-bond acceptors (Lipinski definition) is 2. The first-order valence-electron chi connectivity index (χ1n) is 3.49. The van der Waals surface area contributed by atoms with Crippen molar-refractivity contribution in [2.24, 2.45) is 0 Å². The van der Waals surface area contributed by atoms with Crippen LogP contribution >= 0.6 is 0 Å². The van der Waals surface area contributed by atoms with E-state index in [4.69, 9.17) is 5.11 Å². The molecule has 12 heavy (non-hydrogen) atoms. The summed E-state index contributed by atoms with van der Waals surface area (Å²) in [4.78, 5) is 3.65. The lowest BCUT2D eigenvalue weighted by atomic mass is 10.1. The topological polar surface area (TPSA) is 33.1 Å². The minimum Gasteiger partial charge on any atom is -0.390 e. The van der Waals surface area contributed by atoms with E-state index in [1.54, 1.807) is 6.92 Å². The van der Waals surface area contributed by atoms with Gasteiger partial charge in [0.15, 0.2) is 0 Å². The molecule has 0 saturated heterocycles. The van der Waals surface area contributed by atoms with Gasteiger partial charge in [0, 0.05) is 11.8 Å². The number of aryl methyl sites for hydroxylation is 1. The molecule has 1 aromatic rings. The van der Waals surface area contributed by atoms with Crippen molar-refractivity contribution in [3.63, 3.8) is 0 Å². The zero-order valence-electron chi connectivity index (χ0n) is 6.59. The maximum Gasteiger partial charge on any atom is 0.265 e. The highest BCUT2D eigenvalue weighted by molar-refractivity contribution is 5.25. The van der Waals surface area contributed by atoms with E-state index in [0.717, 1.165) is 6.20 Å². The van der Waals surface area contributed by atoms with Crippen molar-refractivity contribution in [2.75, 3.05) is 0 Å². The Morgan fingerprint density at radius 2 is 2.25 bits per heavy atom. The van der Waals surface area contributed by atoms with E-state index < -0.39 is 6.43 Å². The molecule has 1 heterocycles. The lowest BCUT2D eigenvalue weighted by Gasteiger charge is -2.04. The van der Waals surface area contributed by atoms with Gasteiger partial charge in [-0.05, 0) is 18.6 Å². The molecule has 0 unspecified atom stereocenters. The number of hydrogen-bond donors (Lipinski definition) is 1. The van der Waals surface area contributed by atoms with Crippen molar-refractivity contribution in [1.29, 1.82) is 0 Å². The standard InChI is InChI=1S/C8H9F2NO/c1-5-2-6(4-12)11-3-7(5)8(9)10/h2-3,8,12H,4H2,1H3. The summed E-state index contributed by atoms with van der Waals surface area (Å²) in [6.07, 6.45) is -1.39. The van der Waals surface area contributed by atoms with Gasteiger partial charge in [0.05, 0.1) is 12.3 Å². The second kappa shape index (κ2) is 3.58. The van der Waals surface area contributed by atoms with Gasteiger partial charge in [0.25, 0.3) is 6.43 Å². The van der Waals surface area contributed by atoms with Crippen LogP contribution in [0, 0.1) is 6.92 Å². The number of nitrogens with zero attached hydrogens (tertiary/aromatic N) is 1. The Hall–Kier alpha value is -1.03. The minimum atomic E-state index is -2.50. The predicted molar refractivity (Wildman–Crippen MR) is 39.9 cm³/mol. The molecule has 4 heteroatoms. The molecule has 0 aliphatic carbocycles. The number of pyridine rings is 1. The number of halogens is 2. The van der Waals surface area contributed by atoms with E-state index in [-0.39, 0.29) is 12.2 Å². The average molecular weight is 173 g/mol. The van der Waals surface area contributed by atoms with Gasteiger partial charge in [-0.15, -0.1) is 0 Å². The Bertz CT molecular complexity index is 276. The Morgan fingerprint density at radius 1 is 1.58 bits per heavy atom. The highest BCUT2D eigenvalue weighted by Gasteiger charge is 2.10. The van der Waals surface area contributed by atoms with Crippen molar-refractivity contribution in [2.45, 2.75) is 20.0 Å². The normalized spacial score (nSPS) is 10.8. The fourth-order valence-corrected chi connectivity index (χ4v) is 0.940. The maximum absolute atomic E-state index is 12.2. The summed E-state index contributed by atoms with van der Waals surface area (Å²) >= 11 is 0. The molecular weight excluding hydrogens is 164 g/mol. The third-order valence-electron chi connectivity index (χ3n) is 1.61. The number of aliphatic hydroxyl groups is 1. The molecule has 2 nitrogen and oxygen atoms in total. The van der Waals surface area contributed by atoms with Gasteiger partial charge in [0.1, 0.15) is 0 Å². The van der Waals surface area contributed by atoms with Crippen molar-refractivity contribution in [1.82, 2.24) is 4.98 Å². The van der Waals surface area contributed by atoms with Crippen molar-refractivity contribution >= 4 is 0 Å². The molecule has 1 aromatic heterocycles. The predicted octanol–water partition coefficient (Wildman–Crippen LogP) is 1.82. The fraction of sp³-hybridized carbons (Fsp3) is 0.375. The van der Waals surface area contributed by atoms with Gasteiger partial charge < -0.3 is 5.11 Å². The Balaban J connectivity index is 3.03. The molecule has 0 aliphatic heterocycles. The Kier molecular flexibility index (Phi) is 2.70. The fourth-order valence-electron chi connectivity index (χ4n) is 0.940. The molecule has 0 radical (unpaired) electrons. The van der Waals surface area contributed by atoms with E-state index in [0.29, 0.717) is 11.3 Å². The minimum absolute atomic E-state index is 0.0767. The molecular formula is C8H9F2NO. The Morgan fingerprint density at radius 3 is 2.67 bits per heavy atom. The molecule has 0 saturated carbocycles. The highest BCUT2D eigenvalue weighted by Crippen LogP contribution is 2.21. The van der Waals surface area contributed by atoms with Crippen LogP contribution < -0.4 is 0 Å². The largest absolute Gasteiger partial charge is 0.390 e. The molecule has 0 amide bonds. The van der Waals surface area contributed by atoms with E-state index in [1.807, 2.05) is 0 Å². The van der Waals surface area contributed by atoms with Crippen molar-refractivity contribution in [3.8, 4) is 0 Å². The summed E-state index contributed by atoms with van der Waals surface area (Å²) in [5, 5.41) is 8.64. The van der Waals surface area contributed by atoms with Crippen LogP contribution in [0.5, 0.6) is 0 Å². The summed E-state index contributed by atoms with van der Waals surface area (Å²) < 4.78 is 24.3. The van der Waals surface area contributed by atoms with Gasteiger partial charge >= 0.3 is 0 Å². The lowest BCUT2D eigenvalue weighted by molar-refractivity contribution is 0.150. The summed E-state index contributed by atoms with van der Waals surface area (Å²) in [6.45, 7) is 1.35. The molecule has 0 spiro atoms. The monoisotopic (exact) mass is 173 g/mol. The van der Waals surface area contributed by atoms with Gasteiger partial charge in [-0.2, -0.15) is 0 Å². The Labute approximate surface area is 68.9 Å². The lowest BCUT2D eigenvalue weighted by Crippen LogP contribution is -1.95. The van der Waals surface area contributed by atoms with Crippen LogP contribution in [0.3, 0.4) is 0 Å². The molecule has 0 atom stereocenters. The quantitative estimate of drug-likeness (QED) is 0.739. The second-order valence-electron chi connectivity index (χ2n) is 2.49. The van der Waals surface area contributed by atoms with Gasteiger partial charge in [-0.1, -0.05) is 0 Å². The number of rotatable bonds is 2. The van der Waals surface area contributed by atoms with Crippen LogP contribution in [-0.2, 0) is 6.61 Å². The number of alkyl halides is 2. The van der Waals surface area contributed by atoms with Crippen LogP contribution in [-0.4, -0.2) is 10.1 Å². The molecule has 0 aromatic carbocycles. The summed E-state index contributed by atoms with van der Waals surface area (Å²) in [5.41, 5.74) is 0.799. The zero-order chi connectivity index (χ0) is 9.14. The molecule has 0 aliphatic rings. The van der Waals surface area contributed by atoms with Crippen LogP contribution in [0.2, 0.25) is 0 Å². The summed E-state index contributed by atoms with van der Waals surface area (Å²) in [6, 6.07) is 1.46. The van der Waals surface area contributed by atoms with Gasteiger partial charge in [-0.3, -0.25) is 4.98 Å². The van der Waals surface area contributed by atoms with Crippen LogP contribution in [0.4, 0.5) is 8.78 Å². The average Bonchev–Trinajstić information content (AvgIpc) is 2.03. The maximum atomic E-state index is 12.2. The van der Waals surface area contributed by atoms with E-state index in [1.165, 1.54) is 6.07 Å².